The van der Waals surface area contributed by atoms with Gasteiger partial charge in [0.2, 0.25) is 5.91 Å². The molecule has 2 saturated heterocycles. The predicted molar refractivity (Wildman–Crippen MR) is 98.9 cm³/mol. The third-order valence-corrected chi connectivity index (χ3v) is 6.18. The minimum absolute atomic E-state index is 0.0657. The second-order valence-corrected chi connectivity index (χ2v) is 7.62. The fraction of sp³-hybridized carbons (Fsp3) is 0.278. The summed E-state index contributed by atoms with van der Waals surface area (Å²) in [5.41, 5.74) is 7.14. The van der Waals surface area contributed by atoms with Crippen molar-refractivity contribution >= 4 is 35.2 Å². The molecule has 2 atom stereocenters. The van der Waals surface area contributed by atoms with E-state index in [0.29, 0.717) is 35.6 Å². The van der Waals surface area contributed by atoms with Gasteiger partial charge in [-0.15, -0.1) is 11.8 Å². The molecule has 3 aliphatic rings. The van der Waals surface area contributed by atoms with Crippen molar-refractivity contribution in [3.8, 4) is 5.75 Å². The summed E-state index contributed by atoms with van der Waals surface area (Å²) >= 11 is 1.39. The molecule has 0 spiro atoms. The van der Waals surface area contributed by atoms with Crippen LogP contribution in [0.3, 0.4) is 0 Å². The molecule has 0 saturated carbocycles. The highest BCUT2D eigenvalue weighted by atomic mass is 32.2. The van der Waals surface area contributed by atoms with E-state index in [9.17, 15) is 24.6 Å². The third kappa shape index (κ3) is 2.79. The first kappa shape index (κ1) is 17.6. The maximum absolute atomic E-state index is 12.7. The lowest BCUT2D eigenvalue weighted by molar-refractivity contribution is -0.147. The zero-order valence-corrected chi connectivity index (χ0v) is 15.0. The van der Waals surface area contributed by atoms with Gasteiger partial charge in [0.05, 0.1) is 0 Å². The average Bonchev–Trinajstić information content (AvgIpc) is 3.01. The Kier molecular flexibility index (Phi) is 4.20. The van der Waals surface area contributed by atoms with Crippen LogP contribution in [0.4, 0.5) is 5.69 Å². The molecule has 0 aliphatic carbocycles. The molecular weight excluding hydrogens is 370 g/mol. The molecule has 0 bridgehead atoms. The molecule has 8 nitrogen and oxygen atoms in total. The van der Waals surface area contributed by atoms with Gasteiger partial charge in [-0.05, 0) is 30.2 Å². The van der Waals surface area contributed by atoms with Crippen molar-refractivity contribution in [3.63, 3.8) is 0 Å². The van der Waals surface area contributed by atoms with Gasteiger partial charge in [-0.25, -0.2) is 4.79 Å². The number of carboxylic acid groups (broad SMARTS) is 1. The summed E-state index contributed by atoms with van der Waals surface area (Å²) < 4.78 is 0. The topological polar surface area (TPSA) is 124 Å². The molecule has 2 amide bonds. The highest BCUT2D eigenvalue weighted by Gasteiger charge is 2.51. The van der Waals surface area contributed by atoms with Gasteiger partial charge in [0.15, 0.2) is 0 Å². The van der Waals surface area contributed by atoms with Crippen LogP contribution >= 0.6 is 11.8 Å². The number of hydrogen-bond donors (Lipinski definition) is 3. The summed E-state index contributed by atoms with van der Waals surface area (Å²) in [7, 11) is 0. The molecule has 3 heterocycles. The Bertz CT molecular complexity index is 925. The maximum Gasteiger partial charge on any atom is 0.352 e. The van der Waals surface area contributed by atoms with Crippen molar-refractivity contribution < 1.29 is 24.6 Å². The molecule has 9 heteroatoms. The molecule has 1 aromatic rings. The number of rotatable bonds is 3. The van der Waals surface area contributed by atoms with E-state index in [0.717, 1.165) is 0 Å². The molecule has 0 radical (unpaired) electrons. The molecule has 27 heavy (non-hydrogen) atoms. The van der Waals surface area contributed by atoms with E-state index in [1.54, 1.807) is 18.2 Å². The van der Waals surface area contributed by atoms with Crippen LogP contribution in [0.5, 0.6) is 5.75 Å². The molecule has 140 valence electrons. The van der Waals surface area contributed by atoms with Crippen molar-refractivity contribution in [2.75, 3.05) is 17.2 Å². The number of carboxylic acids is 1. The van der Waals surface area contributed by atoms with Gasteiger partial charge in [0.1, 0.15) is 22.9 Å². The van der Waals surface area contributed by atoms with Crippen LogP contribution in [0.15, 0.2) is 47.2 Å². The Morgan fingerprint density at radius 2 is 2.11 bits per heavy atom. The van der Waals surface area contributed by atoms with E-state index in [4.69, 9.17) is 5.73 Å². The first-order valence-corrected chi connectivity index (χ1v) is 9.41. The number of phenolic OH excluding ortho intramolecular Hbond substituents is 1. The molecule has 3 aliphatic heterocycles. The number of carbonyl (C=O) groups excluding carboxylic acids is 2. The summed E-state index contributed by atoms with van der Waals surface area (Å²) in [6, 6.07) is 5.72. The zero-order valence-electron chi connectivity index (χ0n) is 14.2. The summed E-state index contributed by atoms with van der Waals surface area (Å²) in [5, 5.41) is 18.8. The number of carbonyl (C=O) groups is 3. The van der Waals surface area contributed by atoms with Crippen molar-refractivity contribution in [2.24, 2.45) is 5.73 Å². The smallest absolute Gasteiger partial charge is 0.352 e. The van der Waals surface area contributed by atoms with Crippen molar-refractivity contribution in [1.82, 2.24) is 4.90 Å². The molecule has 4 N–H and O–H groups in total. The van der Waals surface area contributed by atoms with Crippen molar-refractivity contribution in [2.45, 2.75) is 17.8 Å². The first-order valence-electron chi connectivity index (χ1n) is 8.36. The minimum Gasteiger partial charge on any atom is -0.508 e. The number of fused-ring (bicyclic) bond motifs is 1. The number of nitrogens with two attached hydrogens (primary N) is 1. The number of hydrogen-bond acceptors (Lipinski definition) is 6. The van der Waals surface area contributed by atoms with Crippen LogP contribution < -0.4 is 10.6 Å². The number of thioether (sulfide) groups is 1. The average molecular weight is 387 g/mol. The van der Waals surface area contributed by atoms with Crippen molar-refractivity contribution in [3.05, 3.63) is 47.2 Å². The number of aliphatic carboxylic acids is 1. The first-order chi connectivity index (χ1) is 12.9. The number of anilines is 1. The zero-order chi connectivity index (χ0) is 19.3. The van der Waals surface area contributed by atoms with E-state index < -0.39 is 17.9 Å². The molecule has 2 fully saturated rings. The van der Waals surface area contributed by atoms with Gasteiger partial charge in [0.25, 0.3) is 5.91 Å². The largest absolute Gasteiger partial charge is 0.508 e. The Balaban J connectivity index is 1.66. The second kappa shape index (κ2) is 6.43. The molecule has 0 unspecified atom stereocenters. The lowest BCUT2D eigenvalue weighted by Gasteiger charge is -2.47. The highest BCUT2D eigenvalue weighted by Crippen LogP contribution is 2.40. The summed E-state index contributed by atoms with van der Waals surface area (Å²) in [6.07, 6.45) is 2.03. The SMILES string of the molecule is N[C@@H]1C(=O)N2C(C(=O)O)=C(/C=C3\CCN(c4cccc(O)c4)C3=O)CS[C@H]12. The lowest BCUT2D eigenvalue weighted by atomic mass is 10.0. The fourth-order valence-corrected chi connectivity index (χ4v) is 4.77. The Morgan fingerprint density at radius 1 is 1.33 bits per heavy atom. The lowest BCUT2D eigenvalue weighted by Crippen LogP contribution is -2.68. The number of benzene rings is 1. The minimum atomic E-state index is -1.21. The van der Waals surface area contributed by atoms with Gasteiger partial charge in [0, 0.05) is 29.6 Å². The molecule has 4 rings (SSSR count). The van der Waals surface area contributed by atoms with Gasteiger partial charge in [-0.3, -0.25) is 14.5 Å². The predicted octanol–water partition coefficient (Wildman–Crippen LogP) is 0.636. The van der Waals surface area contributed by atoms with Crippen LogP contribution in [0, 0.1) is 0 Å². The van der Waals surface area contributed by atoms with Crippen LogP contribution in [0.25, 0.3) is 0 Å². The van der Waals surface area contributed by atoms with E-state index in [1.165, 1.54) is 33.7 Å². The summed E-state index contributed by atoms with van der Waals surface area (Å²) in [5.74, 6) is -1.43. The Labute approximate surface area is 158 Å². The number of allylic oxidation sites excluding steroid dienone is 1. The van der Waals surface area contributed by atoms with Gasteiger partial charge in [-0.2, -0.15) is 0 Å². The second-order valence-electron chi connectivity index (χ2n) is 6.51. The quantitative estimate of drug-likeness (QED) is 0.513. The van der Waals surface area contributed by atoms with E-state index in [1.807, 2.05) is 0 Å². The van der Waals surface area contributed by atoms with Crippen LogP contribution in [-0.4, -0.2) is 56.6 Å². The number of amides is 2. The number of phenols is 1. The van der Waals surface area contributed by atoms with Crippen LogP contribution in [-0.2, 0) is 14.4 Å². The van der Waals surface area contributed by atoms with E-state index >= 15 is 0 Å². The van der Waals surface area contributed by atoms with Crippen LogP contribution in [0.2, 0.25) is 0 Å². The molecular formula is C18H17N3O5S. The van der Waals surface area contributed by atoms with Crippen LogP contribution in [0.1, 0.15) is 6.42 Å². The third-order valence-electron chi connectivity index (χ3n) is 4.86. The standard InChI is InChI=1S/C18H17N3O5S/c19-13-16(24)21-14(18(25)26)10(8-27-17(13)21)6-9-4-5-20(15(9)23)11-2-1-3-12(22)7-11/h1-3,6-7,13,17,22H,4-5,8,19H2,(H,25,26)/b9-6+/t13-,17-/m1/s1. The van der Waals surface area contributed by atoms with E-state index in [-0.39, 0.29) is 22.7 Å². The summed E-state index contributed by atoms with van der Waals surface area (Å²) in [4.78, 5) is 39.2. The monoisotopic (exact) mass is 387 g/mol. The number of β-lactam (4-membered cyclic amide) rings is 1. The Morgan fingerprint density at radius 3 is 2.81 bits per heavy atom. The maximum atomic E-state index is 12.7. The van der Waals surface area contributed by atoms with Gasteiger partial charge >= 0.3 is 5.97 Å². The molecule has 0 aromatic heterocycles. The highest BCUT2D eigenvalue weighted by molar-refractivity contribution is 8.00. The molecule has 1 aromatic carbocycles. The normalized spacial score (nSPS) is 26.5. The van der Waals surface area contributed by atoms with E-state index in [2.05, 4.69) is 0 Å². The number of nitrogens with zero attached hydrogens (tertiary/aromatic N) is 2. The van der Waals surface area contributed by atoms with Gasteiger partial charge < -0.3 is 20.8 Å². The number of aromatic hydroxyl groups is 1. The fourth-order valence-electron chi connectivity index (χ4n) is 3.52. The Hall–Kier alpha value is -2.78. The summed E-state index contributed by atoms with van der Waals surface area (Å²) in [6.45, 7) is 0.438. The van der Waals surface area contributed by atoms with Gasteiger partial charge in [-0.1, -0.05) is 6.07 Å². The van der Waals surface area contributed by atoms with Crippen molar-refractivity contribution in [1.29, 1.82) is 0 Å².